The molecule has 0 saturated heterocycles. The van der Waals surface area contributed by atoms with Gasteiger partial charge >= 0.3 is 0 Å². The number of H-pyrrole nitrogens is 1. The molecule has 1 aromatic rings. The van der Waals surface area contributed by atoms with Crippen LogP contribution in [0.4, 0.5) is 0 Å². The summed E-state index contributed by atoms with van der Waals surface area (Å²) in [5, 5.41) is 0. The highest BCUT2D eigenvalue weighted by molar-refractivity contribution is 5.26. The van der Waals surface area contributed by atoms with Gasteiger partial charge in [0.1, 0.15) is 0 Å². The highest BCUT2D eigenvalue weighted by Crippen LogP contribution is 2.38. The van der Waals surface area contributed by atoms with Crippen LogP contribution in [0.2, 0.25) is 0 Å². The molecule has 0 aliphatic heterocycles. The van der Waals surface area contributed by atoms with Crippen molar-refractivity contribution in [1.82, 2.24) is 9.97 Å². The monoisotopic (exact) mass is 202 g/mol. The molecule has 1 atom stereocenters. The average Bonchev–Trinajstić information content (AvgIpc) is 2.63. The summed E-state index contributed by atoms with van der Waals surface area (Å²) in [5.74, 6) is 0.572. The van der Waals surface area contributed by atoms with Gasteiger partial charge in [-0.1, -0.05) is 37.6 Å². The van der Waals surface area contributed by atoms with E-state index in [1.54, 1.807) is 6.33 Å². The SMILES string of the molecule is CC1=CC=CC(C)(C)C1Cc1cnc[nH]1. The Morgan fingerprint density at radius 2 is 2.27 bits per heavy atom. The van der Waals surface area contributed by atoms with Crippen LogP contribution >= 0.6 is 0 Å². The fraction of sp³-hybridized carbons (Fsp3) is 0.462. The molecule has 1 aliphatic rings. The van der Waals surface area contributed by atoms with Gasteiger partial charge in [0.2, 0.25) is 0 Å². The first kappa shape index (κ1) is 10.2. The van der Waals surface area contributed by atoms with Gasteiger partial charge in [-0.25, -0.2) is 4.98 Å². The van der Waals surface area contributed by atoms with Crippen molar-refractivity contribution in [3.63, 3.8) is 0 Å². The second kappa shape index (κ2) is 3.69. The lowest BCUT2D eigenvalue weighted by Gasteiger charge is -2.34. The Morgan fingerprint density at radius 3 is 2.87 bits per heavy atom. The Morgan fingerprint density at radius 1 is 1.47 bits per heavy atom. The number of rotatable bonds is 2. The van der Waals surface area contributed by atoms with Crippen LogP contribution in [0.25, 0.3) is 0 Å². The van der Waals surface area contributed by atoms with E-state index in [1.807, 2.05) is 6.20 Å². The van der Waals surface area contributed by atoms with Gasteiger partial charge < -0.3 is 4.98 Å². The van der Waals surface area contributed by atoms with E-state index in [9.17, 15) is 0 Å². The Balaban J connectivity index is 2.20. The molecule has 0 radical (unpaired) electrons. The van der Waals surface area contributed by atoms with Crippen LogP contribution in [0.5, 0.6) is 0 Å². The van der Waals surface area contributed by atoms with Crippen molar-refractivity contribution >= 4 is 0 Å². The van der Waals surface area contributed by atoms with E-state index >= 15 is 0 Å². The first-order valence-corrected chi connectivity index (χ1v) is 5.43. The number of aromatic amines is 1. The molecule has 1 heterocycles. The first-order valence-electron chi connectivity index (χ1n) is 5.43. The number of imidazole rings is 1. The number of nitrogens with one attached hydrogen (secondary N) is 1. The fourth-order valence-electron chi connectivity index (χ4n) is 2.31. The van der Waals surface area contributed by atoms with Crippen molar-refractivity contribution in [3.05, 3.63) is 42.0 Å². The van der Waals surface area contributed by atoms with Crippen molar-refractivity contribution in [2.24, 2.45) is 11.3 Å². The van der Waals surface area contributed by atoms with Crippen molar-refractivity contribution in [2.75, 3.05) is 0 Å². The summed E-state index contributed by atoms with van der Waals surface area (Å²) >= 11 is 0. The van der Waals surface area contributed by atoms with Crippen LogP contribution in [0, 0.1) is 11.3 Å². The van der Waals surface area contributed by atoms with Gasteiger partial charge in [-0.3, -0.25) is 0 Å². The van der Waals surface area contributed by atoms with E-state index in [0.29, 0.717) is 5.92 Å². The van der Waals surface area contributed by atoms with Crippen LogP contribution < -0.4 is 0 Å². The van der Waals surface area contributed by atoms with Gasteiger partial charge in [0.25, 0.3) is 0 Å². The summed E-state index contributed by atoms with van der Waals surface area (Å²) in [6, 6.07) is 0. The zero-order valence-corrected chi connectivity index (χ0v) is 9.62. The van der Waals surface area contributed by atoms with Gasteiger partial charge in [0.05, 0.1) is 6.33 Å². The molecule has 0 saturated carbocycles. The van der Waals surface area contributed by atoms with Crippen LogP contribution in [0.1, 0.15) is 26.5 Å². The molecule has 2 heteroatoms. The predicted molar refractivity (Wildman–Crippen MR) is 62.5 cm³/mol. The average molecular weight is 202 g/mol. The van der Waals surface area contributed by atoms with Gasteiger partial charge in [-0.05, 0) is 24.7 Å². The largest absolute Gasteiger partial charge is 0.348 e. The van der Waals surface area contributed by atoms with Crippen molar-refractivity contribution in [3.8, 4) is 0 Å². The Labute approximate surface area is 91.1 Å². The standard InChI is InChI=1S/C13H18N2/c1-10-5-4-6-13(2,3)12(10)7-11-8-14-9-15-11/h4-6,8-9,12H,7H2,1-3H3,(H,14,15). The summed E-state index contributed by atoms with van der Waals surface area (Å²) in [7, 11) is 0. The number of aromatic nitrogens is 2. The lowest BCUT2D eigenvalue weighted by Crippen LogP contribution is -2.26. The van der Waals surface area contributed by atoms with E-state index in [-0.39, 0.29) is 5.41 Å². The lowest BCUT2D eigenvalue weighted by molar-refractivity contribution is 0.318. The molecular formula is C13H18N2. The molecule has 0 aromatic carbocycles. The van der Waals surface area contributed by atoms with Gasteiger partial charge in [0.15, 0.2) is 0 Å². The Hall–Kier alpha value is -1.31. The summed E-state index contributed by atoms with van der Waals surface area (Å²) in [6.45, 7) is 6.80. The normalized spacial score (nSPS) is 23.9. The van der Waals surface area contributed by atoms with E-state index < -0.39 is 0 Å². The third kappa shape index (κ3) is 2.04. The molecule has 0 fully saturated rings. The van der Waals surface area contributed by atoms with Crippen LogP contribution in [0.3, 0.4) is 0 Å². The lowest BCUT2D eigenvalue weighted by atomic mass is 9.70. The number of hydrogen-bond acceptors (Lipinski definition) is 1. The molecule has 0 bridgehead atoms. The van der Waals surface area contributed by atoms with E-state index in [0.717, 1.165) is 6.42 Å². The molecule has 2 rings (SSSR count). The summed E-state index contributed by atoms with van der Waals surface area (Å²) < 4.78 is 0. The highest BCUT2D eigenvalue weighted by atomic mass is 14.9. The van der Waals surface area contributed by atoms with Gasteiger partial charge in [0, 0.05) is 11.9 Å². The second-order valence-electron chi connectivity index (χ2n) is 4.92. The Kier molecular flexibility index (Phi) is 2.51. The zero-order valence-electron chi connectivity index (χ0n) is 9.62. The summed E-state index contributed by atoms with van der Waals surface area (Å²) in [5.41, 5.74) is 2.91. The van der Waals surface area contributed by atoms with Crippen molar-refractivity contribution in [1.29, 1.82) is 0 Å². The van der Waals surface area contributed by atoms with Crippen LogP contribution in [-0.4, -0.2) is 9.97 Å². The molecule has 1 aliphatic carbocycles. The van der Waals surface area contributed by atoms with Crippen LogP contribution in [-0.2, 0) is 6.42 Å². The minimum atomic E-state index is 0.240. The van der Waals surface area contributed by atoms with E-state index in [4.69, 9.17) is 0 Å². The molecule has 0 amide bonds. The van der Waals surface area contributed by atoms with Crippen molar-refractivity contribution < 1.29 is 0 Å². The molecule has 2 nitrogen and oxygen atoms in total. The number of nitrogens with zero attached hydrogens (tertiary/aromatic N) is 1. The summed E-state index contributed by atoms with van der Waals surface area (Å²) in [4.78, 5) is 7.25. The third-order valence-corrected chi connectivity index (χ3v) is 3.31. The molecule has 1 N–H and O–H groups in total. The van der Waals surface area contributed by atoms with Gasteiger partial charge in [-0.15, -0.1) is 0 Å². The van der Waals surface area contributed by atoms with E-state index in [1.165, 1.54) is 11.3 Å². The third-order valence-electron chi connectivity index (χ3n) is 3.31. The molecule has 1 unspecified atom stereocenters. The zero-order chi connectivity index (χ0) is 10.9. The fourth-order valence-corrected chi connectivity index (χ4v) is 2.31. The molecule has 0 spiro atoms. The minimum Gasteiger partial charge on any atom is -0.348 e. The predicted octanol–water partition coefficient (Wildman–Crippen LogP) is 3.11. The maximum atomic E-state index is 4.07. The molecule has 15 heavy (non-hydrogen) atoms. The second-order valence-corrected chi connectivity index (χ2v) is 4.92. The number of hydrogen-bond donors (Lipinski definition) is 1. The Bertz CT molecular complexity index is 383. The highest BCUT2D eigenvalue weighted by Gasteiger charge is 2.30. The maximum Gasteiger partial charge on any atom is 0.0921 e. The van der Waals surface area contributed by atoms with Crippen LogP contribution in [0.15, 0.2) is 36.3 Å². The molecule has 1 aromatic heterocycles. The summed E-state index contributed by atoms with van der Waals surface area (Å²) in [6.07, 6.45) is 11.4. The molecular weight excluding hydrogens is 184 g/mol. The van der Waals surface area contributed by atoms with Gasteiger partial charge in [-0.2, -0.15) is 0 Å². The van der Waals surface area contributed by atoms with Crippen molar-refractivity contribution in [2.45, 2.75) is 27.2 Å². The minimum absolute atomic E-state index is 0.240. The smallest absolute Gasteiger partial charge is 0.0921 e. The quantitative estimate of drug-likeness (QED) is 0.784. The first-order chi connectivity index (χ1) is 7.09. The number of allylic oxidation sites excluding steroid dienone is 4. The topological polar surface area (TPSA) is 28.7 Å². The van der Waals surface area contributed by atoms with E-state index in [2.05, 4.69) is 49.0 Å². The molecule has 80 valence electrons. The maximum absolute atomic E-state index is 4.07.